The van der Waals surface area contributed by atoms with E-state index in [1.165, 1.54) is 11.1 Å². The van der Waals surface area contributed by atoms with Crippen LogP contribution in [-0.4, -0.2) is 9.55 Å². The van der Waals surface area contributed by atoms with Crippen LogP contribution >= 0.6 is 11.6 Å². The highest BCUT2D eigenvalue weighted by atomic mass is 35.5. The van der Waals surface area contributed by atoms with Crippen LogP contribution in [-0.2, 0) is 13.0 Å². The fourth-order valence-corrected chi connectivity index (χ4v) is 2.99. The second-order valence-corrected chi connectivity index (χ2v) is 5.41. The molecule has 0 spiro atoms. The normalized spacial score (nSPS) is 13.1. The summed E-state index contributed by atoms with van der Waals surface area (Å²) in [6.07, 6.45) is 0.673. The number of fused-ring (bicyclic) bond motifs is 3. The van der Waals surface area contributed by atoms with Crippen molar-refractivity contribution in [3.63, 3.8) is 0 Å². The lowest BCUT2D eigenvalue weighted by Gasteiger charge is -2.21. The van der Waals surface area contributed by atoms with Gasteiger partial charge < -0.3 is 0 Å². The van der Waals surface area contributed by atoms with E-state index in [1.807, 2.05) is 12.1 Å². The van der Waals surface area contributed by atoms with Crippen molar-refractivity contribution < 1.29 is 0 Å². The summed E-state index contributed by atoms with van der Waals surface area (Å²) < 4.78 is 1.75. The van der Waals surface area contributed by atoms with Crippen LogP contribution in [0.2, 0.25) is 5.02 Å². The molecule has 1 aliphatic heterocycles. The fourth-order valence-electron chi connectivity index (χ4n) is 2.78. The number of halogens is 1. The Morgan fingerprint density at radius 3 is 2.70 bits per heavy atom. The largest absolute Gasteiger partial charge is 0.291 e. The molecule has 0 saturated carbocycles. The van der Waals surface area contributed by atoms with E-state index in [0.29, 0.717) is 28.9 Å². The number of aromatic nitrogens is 2. The summed E-state index contributed by atoms with van der Waals surface area (Å²) in [6.45, 7) is 0.583. The Morgan fingerprint density at radius 2 is 1.85 bits per heavy atom. The molecule has 1 aliphatic rings. The third kappa shape index (κ3) is 1.60. The van der Waals surface area contributed by atoms with E-state index in [1.54, 1.807) is 22.8 Å². The average Bonchev–Trinajstić information content (AvgIpc) is 2.47. The molecule has 0 amide bonds. The van der Waals surface area contributed by atoms with Crippen LogP contribution < -0.4 is 5.56 Å². The van der Waals surface area contributed by atoms with Crippen LogP contribution in [0.5, 0.6) is 0 Å². The molecule has 2 aromatic carbocycles. The minimum absolute atomic E-state index is 0.0120. The molecular formula is C16H11ClN2O. The smallest absolute Gasteiger partial charge is 0.261 e. The zero-order valence-electron chi connectivity index (χ0n) is 10.6. The summed E-state index contributed by atoms with van der Waals surface area (Å²) >= 11 is 6.16. The van der Waals surface area contributed by atoms with Gasteiger partial charge in [-0.05, 0) is 23.3 Å². The van der Waals surface area contributed by atoms with Gasteiger partial charge in [-0.25, -0.2) is 4.98 Å². The SMILES string of the molecule is O=c1c2cccc(Cl)c2nc2n1Cc1ccccc1C2. The maximum atomic E-state index is 12.6. The Labute approximate surface area is 120 Å². The summed E-state index contributed by atoms with van der Waals surface area (Å²) in [5.41, 5.74) is 3.00. The third-order valence-electron chi connectivity index (χ3n) is 3.81. The summed E-state index contributed by atoms with van der Waals surface area (Å²) in [5, 5.41) is 1.11. The van der Waals surface area contributed by atoms with Crippen molar-refractivity contribution in [2.75, 3.05) is 0 Å². The van der Waals surface area contributed by atoms with Gasteiger partial charge in [0.2, 0.25) is 0 Å². The number of nitrogens with zero attached hydrogens (tertiary/aromatic N) is 2. The highest BCUT2D eigenvalue weighted by molar-refractivity contribution is 6.34. The van der Waals surface area contributed by atoms with E-state index < -0.39 is 0 Å². The van der Waals surface area contributed by atoms with Crippen molar-refractivity contribution in [1.29, 1.82) is 0 Å². The standard InChI is InChI=1S/C16H11ClN2O/c17-13-7-3-6-12-15(13)18-14-8-10-4-1-2-5-11(10)9-19(14)16(12)20/h1-7H,8-9H2. The second kappa shape index (κ2) is 4.18. The first-order valence-electron chi connectivity index (χ1n) is 6.49. The van der Waals surface area contributed by atoms with E-state index in [2.05, 4.69) is 17.1 Å². The Balaban J connectivity index is 2.03. The summed E-state index contributed by atoms with van der Waals surface area (Å²) in [6, 6.07) is 13.5. The van der Waals surface area contributed by atoms with Gasteiger partial charge in [0.15, 0.2) is 0 Å². The van der Waals surface area contributed by atoms with E-state index in [4.69, 9.17) is 11.6 Å². The van der Waals surface area contributed by atoms with Crippen molar-refractivity contribution in [3.8, 4) is 0 Å². The van der Waals surface area contributed by atoms with Crippen molar-refractivity contribution in [3.05, 3.63) is 74.8 Å². The Hall–Kier alpha value is -2.13. The predicted molar refractivity (Wildman–Crippen MR) is 79.4 cm³/mol. The zero-order valence-corrected chi connectivity index (χ0v) is 11.4. The first kappa shape index (κ1) is 11.7. The van der Waals surface area contributed by atoms with Crippen molar-refractivity contribution in [1.82, 2.24) is 9.55 Å². The first-order chi connectivity index (χ1) is 9.74. The molecule has 0 saturated heterocycles. The molecule has 0 fully saturated rings. The van der Waals surface area contributed by atoms with Gasteiger partial charge in [-0.1, -0.05) is 41.9 Å². The van der Waals surface area contributed by atoms with E-state index in [-0.39, 0.29) is 5.56 Å². The average molecular weight is 283 g/mol. The van der Waals surface area contributed by atoms with Gasteiger partial charge >= 0.3 is 0 Å². The molecule has 2 heterocycles. The highest BCUT2D eigenvalue weighted by Crippen LogP contribution is 2.24. The molecule has 0 unspecified atom stereocenters. The molecule has 3 nitrogen and oxygen atoms in total. The van der Waals surface area contributed by atoms with Crippen molar-refractivity contribution >= 4 is 22.5 Å². The summed E-state index contributed by atoms with van der Waals surface area (Å²) in [7, 11) is 0. The molecule has 0 bridgehead atoms. The van der Waals surface area contributed by atoms with E-state index in [0.717, 1.165) is 5.82 Å². The zero-order chi connectivity index (χ0) is 13.7. The lowest BCUT2D eigenvalue weighted by Crippen LogP contribution is -2.29. The Bertz CT molecular complexity index is 899. The third-order valence-corrected chi connectivity index (χ3v) is 4.12. The number of hydrogen-bond donors (Lipinski definition) is 0. The highest BCUT2D eigenvalue weighted by Gasteiger charge is 2.19. The van der Waals surface area contributed by atoms with E-state index >= 15 is 0 Å². The topological polar surface area (TPSA) is 34.9 Å². The van der Waals surface area contributed by atoms with Crippen LogP contribution in [0.15, 0.2) is 47.3 Å². The quantitative estimate of drug-likeness (QED) is 0.497. The molecular weight excluding hydrogens is 272 g/mol. The fraction of sp³-hybridized carbons (Fsp3) is 0.125. The van der Waals surface area contributed by atoms with Crippen LogP contribution in [0, 0.1) is 0 Å². The Kier molecular flexibility index (Phi) is 2.44. The molecule has 0 atom stereocenters. The number of para-hydroxylation sites is 1. The molecule has 3 aromatic rings. The van der Waals surface area contributed by atoms with E-state index in [9.17, 15) is 4.79 Å². The second-order valence-electron chi connectivity index (χ2n) is 5.00. The van der Waals surface area contributed by atoms with Gasteiger partial charge in [-0.2, -0.15) is 0 Å². The molecule has 0 N–H and O–H groups in total. The molecule has 1 aromatic heterocycles. The van der Waals surface area contributed by atoms with Crippen LogP contribution in [0.4, 0.5) is 0 Å². The van der Waals surface area contributed by atoms with Gasteiger partial charge in [0, 0.05) is 6.42 Å². The molecule has 4 rings (SSSR count). The van der Waals surface area contributed by atoms with Gasteiger partial charge in [0.1, 0.15) is 5.82 Å². The van der Waals surface area contributed by atoms with Gasteiger partial charge in [-0.15, -0.1) is 0 Å². The lowest BCUT2D eigenvalue weighted by atomic mass is 10.0. The molecule has 4 heteroatoms. The number of hydrogen-bond acceptors (Lipinski definition) is 2. The van der Waals surface area contributed by atoms with Gasteiger partial charge in [0.25, 0.3) is 5.56 Å². The predicted octanol–water partition coefficient (Wildman–Crippen LogP) is 3.00. The van der Waals surface area contributed by atoms with Crippen LogP contribution in [0.25, 0.3) is 10.9 Å². The maximum Gasteiger partial charge on any atom is 0.261 e. The minimum atomic E-state index is -0.0120. The summed E-state index contributed by atoms with van der Waals surface area (Å²) in [4.78, 5) is 17.2. The summed E-state index contributed by atoms with van der Waals surface area (Å²) in [5.74, 6) is 0.786. The minimum Gasteiger partial charge on any atom is -0.291 e. The molecule has 0 aliphatic carbocycles. The molecule has 98 valence electrons. The molecule has 0 radical (unpaired) electrons. The van der Waals surface area contributed by atoms with Crippen LogP contribution in [0.1, 0.15) is 17.0 Å². The number of benzene rings is 2. The van der Waals surface area contributed by atoms with Crippen LogP contribution in [0.3, 0.4) is 0 Å². The lowest BCUT2D eigenvalue weighted by molar-refractivity contribution is 0.659. The monoisotopic (exact) mass is 282 g/mol. The van der Waals surface area contributed by atoms with Gasteiger partial charge in [-0.3, -0.25) is 9.36 Å². The molecule has 20 heavy (non-hydrogen) atoms. The number of rotatable bonds is 0. The Morgan fingerprint density at radius 1 is 1.05 bits per heavy atom. The van der Waals surface area contributed by atoms with Crippen molar-refractivity contribution in [2.24, 2.45) is 0 Å². The first-order valence-corrected chi connectivity index (χ1v) is 6.86. The maximum absolute atomic E-state index is 12.6. The van der Waals surface area contributed by atoms with Gasteiger partial charge in [0.05, 0.1) is 22.5 Å². The van der Waals surface area contributed by atoms with Crippen molar-refractivity contribution in [2.45, 2.75) is 13.0 Å².